The molecule has 1 fully saturated rings. The van der Waals surface area contributed by atoms with Crippen LogP contribution in [0.15, 0.2) is 51.5 Å². The molecule has 0 bridgehead atoms. The monoisotopic (exact) mass is 420 g/mol. The number of carbonyl (C=O) groups is 1. The van der Waals surface area contributed by atoms with Gasteiger partial charge >= 0.3 is 0 Å². The van der Waals surface area contributed by atoms with Crippen LogP contribution >= 0.6 is 0 Å². The molecule has 0 aliphatic carbocycles. The van der Waals surface area contributed by atoms with Crippen molar-refractivity contribution in [3.8, 4) is 23.5 Å². The van der Waals surface area contributed by atoms with Crippen LogP contribution in [0.4, 0.5) is 5.88 Å². The first-order chi connectivity index (χ1) is 15.1. The first-order valence-corrected chi connectivity index (χ1v) is 10.3. The van der Waals surface area contributed by atoms with Gasteiger partial charge in [-0.1, -0.05) is 12.1 Å². The standard InChI is InChI=1S/C23H24N4O4/c1-17-5-2-6-18(15-17)29-13-4-8-21(28)26-9-11-27(12-10-26)23-19(16-24)25-22(31-23)20-7-3-14-30-20/h2-3,5-7,14-15H,4,8-13H2,1H3. The number of oxazole rings is 1. The van der Waals surface area contributed by atoms with Gasteiger partial charge in [-0.3, -0.25) is 4.79 Å². The van der Waals surface area contributed by atoms with E-state index >= 15 is 0 Å². The van der Waals surface area contributed by atoms with Gasteiger partial charge in [-0.05, 0) is 43.2 Å². The second-order valence-corrected chi connectivity index (χ2v) is 7.40. The van der Waals surface area contributed by atoms with Gasteiger partial charge in [-0.25, -0.2) is 0 Å². The molecular weight excluding hydrogens is 396 g/mol. The van der Waals surface area contributed by atoms with E-state index in [2.05, 4.69) is 11.1 Å². The average Bonchev–Trinajstić information content (AvgIpc) is 3.46. The topological polar surface area (TPSA) is 95.7 Å². The van der Waals surface area contributed by atoms with Gasteiger partial charge in [0.2, 0.25) is 17.5 Å². The van der Waals surface area contributed by atoms with E-state index < -0.39 is 0 Å². The molecule has 3 heterocycles. The number of nitriles is 1. The molecule has 0 atom stereocenters. The van der Waals surface area contributed by atoms with E-state index in [9.17, 15) is 10.1 Å². The number of nitrogens with zero attached hydrogens (tertiary/aromatic N) is 4. The van der Waals surface area contributed by atoms with E-state index in [0.717, 1.165) is 11.3 Å². The molecule has 0 unspecified atom stereocenters. The number of ether oxygens (including phenoxy) is 1. The lowest BCUT2D eigenvalue weighted by molar-refractivity contribution is -0.131. The van der Waals surface area contributed by atoms with Crippen molar-refractivity contribution in [1.82, 2.24) is 9.88 Å². The Morgan fingerprint density at radius 2 is 2.06 bits per heavy atom. The molecule has 0 radical (unpaired) electrons. The number of amides is 1. The van der Waals surface area contributed by atoms with Crippen molar-refractivity contribution in [1.29, 1.82) is 5.26 Å². The van der Waals surface area contributed by atoms with E-state index in [0.29, 0.717) is 57.3 Å². The third kappa shape index (κ3) is 4.89. The Bertz CT molecular complexity index is 1060. The Balaban J connectivity index is 1.26. The molecule has 3 aromatic rings. The lowest BCUT2D eigenvalue weighted by Crippen LogP contribution is -2.48. The summed E-state index contributed by atoms with van der Waals surface area (Å²) in [6.45, 7) is 4.82. The zero-order valence-electron chi connectivity index (χ0n) is 17.4. The molecule has 31 heavy (non-hydrogen) atoms. The maximum absolute atomic E-state index is 12.5. The predicted molar refractivity (Wildman–Crippen MR) is 114 cm³/mol. The zero-order chi connectivity index (χ0) is 21.6. The van der Waals surface area contributed by atoms with Gasteiger partial charge < -0.3 is 23.4 Å². The van der Waals surface area contributed by atoms with Crippen LogP contribution in [0.1, 0.15) is 24.1 Å². The maximum Gasteiger partial charge on any atom is 0.266 e. The predicted octanol–water partition coefficient (Wildman–Crippen LogP) is 3.62. The number of aromatic nitrogens is 1. The van der Waals surface area contributed by atoms with Crippen LogP contribution in [0, 0.1) is 18.3 Å². The average molecular weight is 420 g/mol. The van der Waals surface area contributed by atoms with Crippen molar-refractivity contribution in [2.24, 2.45) is 0 Å². The van der Waals surface area contributed by atoms with E-state index in [4.69, 9.17) is 13.6 Å². The quantitative estimate of drug-likeness (QED) is 0.539. The van der Waals surface area contributed by atoms with Gasteiger partial charge in [0.1, 0.15) is 11.8 Å². The summed E-state index contributed by atoms with van der Waals surface area (Å²) in [4.78, 5) is 20.6. The molecule has 160 valence electrons. The van der Waals surface area contributed by atoms with Crippen LogP contribution in [-0.4, -0.2) is 48.6 Å². The third-order valence-corrected chi connectivity index (χ3v) is 5.16. The van der Waals surface area contributed by atoms with Crippen LogP contribution in [0.3, 0.4) is 0 Å². The summed E-state index contributed by atoms with van der Waals surface area (Å²) >= 11 is 0. The number of aryl methyl sites for hydroxylation is 1. The van der Waals surface area contributed by atoms with Crippen molar-refractivity contribution >= 4 is 11.8 Å². The van der Waals surface area contributed by atoms with Crippen molar-refractivity contribution < 1.29 is 18.4 Å². The zero-order valence-corrected chi connectivity index (χ0v) is 17.4. The Morgan fingerprint density at radius 1 is 1.23 bits per heavy atom. The van der Waals surface area contributed by atoms with Gasteiger partial charge in [0, 0.05) is 32.6 Å². The molecular formula is C23H24N4O4. The number of benzene rings is 1. The number of rotatable bonds is 7. The van der Waals surface area contributed by atoms with Gasteiger partial charge in [0.05, 0.1) is 12.9 Å². The minimum Gasteiger partial charge on any atom is -0.494 e. The summed E-state index contributed by atoms with van der Waals surface area (Å²) in [5, 5.41) is 9.41. The number of hydrogen-bond donors (Lipinski definition) is 0. The summed E-state index contributed by atoms with van der Waals surface area (Å²) in [6, 6.07) is 13.4. The number of furan rings is 1. The summed E-state index contributed by atoms with van der Waals surface area (Å²) in [6.07, 6.45) is 2.64. The van der Waals surface area contributed by atoms with E-state index in [1.807, 2.05) is 41.0 Å². The Hall–Kier alpha value is -3.73. The minimum absolute atomic E-state index is 0.113. The summed E-state index contributed by atoms with van der Waals surface area (Å²) < 4.78 is 16.8. The second-order valence-electron chi connectivity index (χ2n) is 7.40. The molecule has 2 aromatic heterocycles. The van der Waals surface area contributed by atoms with Crippen molar-refractivity contribution in [3.63, 3.8) is 0 Å². The van der Waals surface area contributed by atoms with Gasteiger partial charge in [-0.2, -0.15) is 10.2 Å². The Labute approximate surface area is 180 Å². The number of carbonyl (C=O) groups excluding carboxylic acids is 1. The molecule has 0 spiro atoms. The lowest BCUT2D eigenvalue weighted by Gasteiger charge is -2.34. The lowest BCUT2D eigenvalue weighted by atomic mass is 10.2. The highest BCUT2D eigenvalue weighted by atomic mass is 16.5. The van der Waals surface area contributed by atoms with Crippen LogP contribution in [0.5, 0.6) is 5.75 Å². The summed E-state index contributed by atoms with van der Waals surface area (Å²) in [5.41, 5.74) is 1.37. The smallest absolute Gasteiger partial charge is 0.266 e. The van der Waals surface area contributed by atoms with Gasteiger partial charge in [0.15, 0.2) is 5.76 Å². The Kier molecular flexibility index (Phi) is 6.22. The molecule has 1 amide bonds. The fourth-order valence-corrected chi connectivity index (χ4v) is 3.54. The molecule has 1 aromatic carbocycles. The van der Waals surface area contributed by atoms with Crippen LogP contribution in [-0.2, 0) is 4.79 Å². The van der Waals surface area contributed by atoms with Crippen LogP contribution in [0.25, 0.3) is 11.7 Å². The molecule has 8 nitrogen and oxygen atoms in total. The SMILES string of the molecule is Cc1cccc(OCCCC(=O)N2CCN(c3oc(-c4ccco4)nc3C#N)CC2)c1. The highest BCUT2D eigenvalue weighted by molar-refractivity contribution is 5.76. The molecule has 8 heteroatoms. The third-order valence-electron chi connectivity index (χ3n) is 5.16. The van der Waals surface area contributed by atoms with E-state index in [1.54, 1.807) is 12.1 Å². The van der Waals surface area contributed by atoms with Crippen LogP contribution in [0.2, 0.25) is 0 Å². The second kappa shape index (κ2) is 9.39. The van der Waals surface area contributed by atoms with Crippen molar-refractivity contribution in [2.45, 2.75) is 19.8 Å². The minimum atomic E-state index is 0.113. The normalized spacial score (nSPS) is 13.8. The number of piperazine rings is 1. The molecule has 1 saturated heterocycles. The fourth-order valence-electron chi connectivity index (χ4n) is 3.54. The fraction of sp³-hybridized carbons (Fsp3) is 0.348. The Morgan fingerprint density at radius 3 is 2.77 bits per heavy atom. The molecule has 4 rings (SSSR count). The largest absolute Gasteiger partial charge is 0.494 e. The highest BCUT2D eigenvalue weighted by Crippen LogP contribution is 2.29. The van der Waals surface area contributed by atoms with Crippen molar-refractivity contribution in [3.05, 3.63) is 53.9 Å². The summed E-state index contributed by atoms with van der Waals surface area (Å²) in [7, 11) is 0. The highest BCUT2D eigenvalue weighted by Gasteiger charge is 2.26. The van der Waals surface area contributed by atoms with Crippen LogP contribution < -0.4 is 9.64 Å². The molecule has 1 aliphatic rings. The van der Waals surface area contributed by atoms with E-state index in [-0.39, 0.29) is 17.5 Å². The van der Waals surface area contributed by atoms with Gasteiger partial charge in [0.25, 0.3) is 5.89 Å². The first-order valence-electron chi connectivity index (χ1n) is 10.3. The number of anilines is 1. The van der Waals surface area contributed by atoms with Crippen molar-refractivity contribution in [2.75, 3.05) is 37.7 Å². The maximum atomic E-state index is 12.5. The molecule has 1 aliphatic heterocycles. The summed E-state index contributed by atoms with van der Waals surface area (Å²) in [5.74, 6) is 2.12. The first kappa shape index (κ1) is 20.5. The molecule has 0 saturated carbocycles. The van der Waals surface area contributed by atoms with E-state index in [1.165, 1.54) is 6.26 Å². The van der Waals surface area contributed by atoms with Gasteiger partial charge in [-0.15, -0.1) is 0 Å². The number of hydrogen-bond acceptors (Lipinski definition) is 7. The molecule has 0 N–H and O–H groups in total.